The van der Waals surface area contributed by atoms with E-state index in [0.29, 0.717) is 22.0 Å². The predicted molar refractivity (Wildman–Crippen MR) is 208 cm³/mol. The lowest BCUT2D eigenvalue weighted by atomic mass is 9.99. The van der Waals surface area contributed by atoms with Gasteiger partial charge in [0.15, 0.2) is 0 Å². The summed E-state index contributed by atoms with van der Waals surface area (Å²) >= 11 is 3.27. The molecule has 0 saturated heterocycles. The summed E-state index contributed by atoms with van der Waals surface area (Å²) in [6, 6.07) is 8.37. The smallest absolute Gasteiger partial charge is 0.338 e. The summed E-state index contributed by atoms with van der Waals surface area (Å²) in [5.41, 5.74) is 11.9. The minimum absolute atomic E-state index is 0.306. The van der Waals surface area contributed by atoms with E-state index in [1.54, 1.807) is 0 Å². The molecule has 6 rings (SSSR count). The van der Waals surface area contributed by atoms with Crippen LogP contribution in [0.2, 0.25) is 0 Å². The number of fused-ring (bicyclic) bond motifs is 2. The molecule has 3 N–H and O–H groups in total. The van der Waals surface area contributed by atoms with Gasteiger partial charge in [-0.15, -0.1) is 0 Å². The highest BCUT2D eigenvalue weighted by Crippen LogP contribution is 2.29. The summed E-state index contributed by atoms with van der Waals surface area (Å²) in [5.74, 6) is 1.08. The Hall–Kier alpha value is -3.80. The highest BCUT2D eigenvalue weighted by atomic mass is 79.9. The fourth-order valence-electron chi connectivity index (χ4n) is 6.53. The first kappa shape index (κ1) is 40.0. The molecular formula is C40H55BrN6O4. The first-order valence-electron chi connectivity index (χ1n) is 17.9. The molecular weight excluding hydrogens is 708 g/mol. The van der Waals surface area contributed by atoms with Gasteiger partial charge >= 0.3 is 11.9 Å². The van der Waals surface area contributed by atoms with E-state index in [1.165, 1.54) is 25.6 Å². The molecule has 4 aromatic rings. The zero-order valence-electron chi connectivity index (χ0n) is 32.0. The summed E-state index contributed by atoms with van der Waals surface area (Å²) in [6.45, 7) is 20.6. The molecule has 2 aliphatic rings. The second kappa shape index (κ2) is 18.1. The van der Waals surface area contributed by atoms with E-state index < -0.39 is 0 Å². The Balaban J connectivity index is 0.000000208. The monoisotopic (exact) mass is 762 g/mol. The highest BCUT2D eigenvalue weighted by Gasteiger charge is 2.22. The van der Waals surface area contributed by atoms with Crippen LogP contribution in [-0.2, 0) is 35.2 Å². The number of ether oxygens (including phenoxy) is 2. The molecule has 0 atom stereocenters. The van der Waals surface area contributed by atoms with Gasteiger partial charge in [-0.05, 0) is 75.9 Å². The number of aromatic amines is 2. The van der Waals surface area contributed by atoms with Gasteiger partial charge in [0.05, 0.1) is 36.7 Å². The van der Waals surface area contributed by atoms with Crippen LogP contribution in [0.4, 0.5) is 0 Å². The standard InChI is InChI=1S/C20H27N3O2.C17H21N3O2.C3H7Br/c1-12(2)23-8-6-17-18(7-9-23)22-19(21-17)15-11-16(20(24)25-5)14(4)10-13(15)3;1-10-8-11(2)13(17(21)22-3)9-12(10)16-19-14-4-6-18-7-5-15(14)20-16;1-3(2)4/h10-12H,6-9H2,1-5H3,(H,21,22);8-9,18H,4-7H2,1-3H3,(H,19,20);3H,1-2H3. The lowest BCUT2D eigenvalue weighted by molar-refractivity contribution is 0.0591. The van der Waals surface area contributed by atoms with Crippen LogP contribution in [-0.4, -0.2) is 88.0 Å². The Morgan fingerprint density at radius 1 is 0.686 bits per heavy atom. The fraction of sp³-hybridized carbons (Fsp3) is 0.500. The van der Waals surface area contributed by atoms with Crippen LogP contribution in [0.3, 0.4) is 0 Å². The van der Waals surface area contributed by atoms with Crippen LogP contribution in [0.1, 0.15) is 93.4 Å². The van der Waals surface area contributed by atoms with E-state index in [2.05, 4.69) is 70.7 Å². The van der Waals surface area contributed by atoms with E-state index in [9.17, 15) is 9.59 Å². The lowest BCUT2D eigenvalue weighted by Gasteiger charge is -2.23. The molecule has 0 fully saturated rings. The summed E-state index contributed by atoms with van der Waals surface area (Å²) in [5, 5.41) is 3.37. The minimum Gasteiger partial charge on any atom is -0.465 e. The summed E-state index contributed by atoms with van der Waals surface area (Å²) in [7, 11) is 2.82. The number of hydrogen-bond acceptors (Lipinski definition) is 8. The van der Waals surface area contributed by atoms with Gasteiger partial charge in [-0.1, -0.05) is 41.9 Å². The molecule has 0 unspecified atom stereocenters. The fourth-order valence-corrected chi connectivity index (χ4v) is 6.53. The number of aromatic nitrogens is 4. The molecule has 0 radical (unpaired) electrons. The van der Waals surface area contributed by atoms with Crippen molar-refractivity contribution in [3.8, 4) is 22.8 Å². The van der Waals surface area contributed by atoms with Gasteiger partial charge in [0.2, 0.25) is 0 Å². The molecule has 4 heterocycles. The maximum Gasteiger partial charge on any atom is 0.338 e. The zero-order valence-corrected chi connectivity index (χ0v) is 33.6. The summed E-state index contributed by atoms with van der Waals surface area (Å²) < 4.78 is 9.77. The Morgan fingerprint density at radius 2 is 1.12 bits per heavy atom. The second-order valence-electron chi connectivity index (χ2n) is 13.9. The summed E-state index contributed by atoms with van der Waals surface area (Å²) in [4.78, 5) is 43.6. The van der Waals surface area contributed by atoms with E-state index in [0.717, 1.165) is 108 Å². The number of H-pyrrole nitrogens is 2. The van der Waals surface area contributed by atoms with Crippen molar-refractivity contribution in [3.63, 3.8) is 0 Å². The molecule has 0 amide bonds. The van der Waals surface area contributed by atoms with Gasteiger partial charge in [-0.25, -0.2) is 19.6 Å². The van der Waals surface area contributed by atoms with Crippen LogP contribution in [0, 0.1) is 27.7 Å². The average Bonchev–Trinajstić information content (AvgIpc) is 3.52. The number of esters is 2. The van der Waals surface area contributed by atoms with Crippen molar-refractivity contribution in [1.82, 2.24) is 30.2 Å². The predicted octanol–water partition coefficient (Wildman–Crippen LogP) is 7.25. The molecule has 2 aromatic carbocycles. The summed E-state index contributed by atoms with van der Waals surface area (Å²) in [6.07, 6.45) is 3.83. The van der Waals surface area contributed by atoms with Gasteiger partial charge in [0, 0.05) is 85.2 Å². The first-order valence-corrected chi connectivity index (χ1v) is 18.8. The largest absolute Gasteiger partial charge is 0.465 e. The van der Waals surface area contributed by atoms with E-state index in [4.69, 9.17) is 19.4 Å². The van der Waals surface area contributed by atoms with Crippen LogP contribution < -0.4 is 5.32 Å². The maximum atomic E-state index is 12.0. The number of rotatable bonds is 5. The molecule has 276 valence electrons. The Bertz CT molecular complexity index is 1770. The quantitative estimate of drug-likeness (QED) is 0.144. The normalized spacial score (nSPS) is 14.3. The van der Waals surface area contributed by atoms with Crippen molar-refractivity contribution in [2.45, 2.75) is 91.9 Å². The SMILES string of the molecule is CC(C)Br.COC(=O)c1cc(-c2nc3c([nH]2)CCN(C(C)C)CC3)c(C)cc1C.COC(=O)c1cc(-c2nc3c([nH]2)CCNCC3)c(C)cc1C. The Labute approximate surface area is 311 Å². The van der Waals surface area contributed by atoms with Crippen molar-refractivity contribution >= 4 is 27.9 Å². The van der Waals surface area contributed by atoms with Gasteiger partial charge in [-0.2, -0.15) is 0 Å². The Morgan fingerprint density at radius 3 is 1.59 bits per heavy atom. The number of benzene rings is 2. The molecule has 0 spiro atoms. The third-order valence-electron chi connectivity index (χ3n) is 9.30. The van der Waals surface area contributed by atoms with Crippen LogP contribution in [0.5, 0.6) is 0 Å². The topological polar surface area (TPSA) is 125 Å². The van der Waals surface area contributed by atoms with Gasteiger partial charge in [0.25, 0.3) is 0 Å². The second-order valence-corrected chi connectivity index (χ2v) is 15.7. The van der Waals surface area contributed by atoms with Crippen molar-refractivity contribution in [3.05, 3.63) is 80.4 Å². The molecule has 0 bridgehead atoms. The molecule has 0 saturated carbocycles. The molecule has 51 heavy (non-hydrogen) atoms. The molecule has 0 aliphatic carbocycles. The number of carbonyl (C=O) groups is 2. The van der Waals surface area contributed by atoms with Crippen LogP contribution in [0.25, 0.3) is 22.8 Å². The zero-order chi connectivity index (χ0) is 37.4. The molecule has 10 nitrogen and oxygen atoms in total. The number of aryl methyl sites for hydroxylation is 4. The maximum absolute atomic E-state index is 12.0. The number of carbonyl (C=O) groups excluding carboxylic acids is 2. The molecule has 2 aromatic heterocycles. The van der Waals surface area contributed by atoms with E-state index in [1.807, 2.05) is 45.0 Å². The molecule has 11 heteroatoms. The van der Waals surface area contributed by atoms with Gasteiger partial charge < -0.3 is 29.7 Å². The number of nitrogens with one attached hydrogen (secondary N) is 3. The van der Waals surface area contributed by atoms with Crippen LogP contribution >= 0.6 is 15.9 Å². The molecule has 2 aliphatic heterocycles. The number of halogens is 1. The lowest BCUT2D eigenvalue weighted by Crippen LogP contribution is -2.33. The Kier molecular flexibility index (Phi) is 14.2. The van der Waals surface area contributed by atoms with Gasteiger partial charge in [0.1, 0.15) is 11.6 Å². The van der Waals surface area contributed by atoms with Gasteiger partial charge in [-0.3, -0.25) is 0 Å². The van der Waals surface area contributed by atoms with E-state index >= 15 is 0 Å². The number of nitrogens with zero attached hydrogens (tertiary/aromatic N) is 3. The van der Waals surface area contributed by atoms with Crippen molar-refractivity contribution in [1.29, 1.82) is 0 Å². The van der Waals surface area contributed by atoms with E-state index in [-0.39, 0.29) is 11.9 Å². The number of imidazole rings is 2. The van der Waals surface area contributed by atoms with Crippen LogP contribution in [0.15, 0.2) is 24.3 Å². The number of alkyl halides is 1. The number of methoxy groups -OCH3 is 2. The minimum atomic E-state index is -0.309. The van der Waals surface area contributed by atoms with Crippen molar-refractivity contribution in [2.75, 3.05) is 40.4 Å². The van der Waals surface area contributed by atoms with Crippen molar-refractivity contribution in [2.24, 2.45) is 0 Å². The number of hydrogen-bond donors (Lipinski definition) is 3. The highest BCUT2D eigenvalue weighted by molar-refractivity contribution is 9.09. The third-order valence-corrected chi connectivity index (χ3v) is 9.30. The third kappa shape index (κ3) is 10.2. The van der Waals surface area contributed by atoms with Crippen molar-refractivity contribution < 1.29 is 19.1 Å². The first-order chi connectivity index (χ1) is 24.2. The average molecular weight is 764 g/mol.